The summed E-state index contributed by atoms with van der Waals surface area (Å²) in [6, 6.07) is 12.2. The van der Waals surface area contributed by atoms with Crippen molar-refractivity contribution in [3.63, 3.8) is 0 Å². The van der Waals surface area contributed by atoms with Gasteiger partial charge in [-0.15, -0.1) is 0 Å². The molecule has 0 aliphatic rings. The Hall–Kier alpha value is -2.16. The molecular formula is C13H11N3. The quantitative estimate of drug-likeness (QED) is 0.649. The summed E-state index contributed by atoms with van der Waals surface area (Å²) in [5, 5.41) is 5.41. The third-order valence-electron chi connectivity index (χ3n) is 2.63. The second kappa shape index (κ2) is 3.77. The SMILES string of the molecule is c1ccc2c(Cn3cccn3)ccnc2c1. The molecular weight excluding hydrogens is 198 g/mol. The molecule has 0 radical (unpaired) electrons. The molecule has 16 heavy (non-hydrogen) atoms. The van der Waals surface area contributed by atoms with E-state index in [4.69, 9.17) is 0 Å². The van der Waals surface area contributed by atoms with E-state index in [2.05, 4.69) is 16.1 Å². The first-order valence-corrected chi connectivity index (χ1v) is 5.23. The topological polar surface area (TPSA) is 30.7 Å². The molecule has 3 nitrogen and oxygen atoms in total. The van der Waals surface area contributed by atoms with Crippen molar-refractivity contribution < 1.29 is 0 Å². The Morgan fingerprint density at radius 1 is 1.00 bits per heavy atom. The van der Waals surface area contributed by atoms with Gasteiger partial charge in [0.1, 0.15) is 0 Å². The van der Waals surface area contributed by atoms with E-state index in [-0.39, 0.29) is 0 Å². The Morgan fingerprint density at radius 3 is 2.81 bits per heavy atom. The Labute approximate surface area is 93.4 Å². The molecule has 0 saturated carbocycles. The molecule has 3 heteroatoms. The number of pyridine rings is 1. The summed E-state index contributed by atoms with van der Waals surface area (Å²) in [6.07, 6.45) is 5.61. The predicted molar refractivity (Wildman–Crippen MR) is 63.1 cm³/mol. The van der Waals surface area contributed by atoms with E-state index in [1.165, 1.54) is 10.9 Å². The van der Waals surface area contributed by atoms with Crippen LogP contribution in [-0.4, -0.2) is 14.8 Å². The van der Waals surface area contributed by atoms with Gasteiger partial charge in [0.25, 0.3) is 0 Å². The molecule has 2 heterocycles. The van der Waals surface area contributed by atoms with Gasteiger partial charge in [-0.3, -0.25) is 9.67 Å². The first-order chi connectivity index (χ1) is 7.93. The Morgan fingerprint density at radius 2 is 1.94 bits per heavy atom. The first kappa shape index (κ1) is 9.09. The molecule has 0 bridgehead atoms. The van der Waals surface area contributed by atoms with Gasteiger partial charge in [0.15, 0.2) is 0 Å². The van der Waals surface area contributed by atoms with E-state index in [1.54, 1.807) is 6.20 Å². The van der Waals surface area contributed by atoms with Gasteiger partial charge in [-0.2, -0.15) is 5.10 Å². The van der Waals surface area contributed by atoms with Crippen LogP contribution in [0.3, 0.4) is 0 Å². The van der Waals surface area contributed by atoms with Crippen LogP contribution >= 0.6 is 0 Å². The molecule has 0 saturated heterocycles. The average Bonchev–Trinajstić information content (AvgIpc) is 2.82. The minimum Gasteiger partial charge on any atom is -0.268 e. The molecule has 3 rings (SSSR count). The summed E-state index contributed by atoms with van der Waals surface area (Å²) >= 11 is 0. The molecule has 3 aromatic rings. The molecule has 0 spiro atoms. The van der Waals surface area contributed by atoms with Gasteiger partial charge in [-0.1, -0.05) is 18.2 Å². The lowest BCUT2D eigenvalue weighted by atomic mass is 10.1. The largest absolute Gasteiger partial charge is 0.268 e. The maximum Gasteiger partial charge on any atom is 0.0705 e. The fourth-order valence-corrected chi connectivity index (χ4v) is 1.86. The van der Waals surface area contributed by atoms with Crippen LogP contribution in [0.5, 0.6) is 0 Å². The molecule has 0 fully saturated rings. The van der Waals surface area contributed by atoms with Crippen molar-refractivity contribution in [1.82, 2.24) is 14.8 Å². The maximum absolute atomic E-state index is 4.34. The monoisotopic (exact) mass is 209 g/mol. The van der Waals surface area contributed by atoms with Gasteiger partial charge in [0, 0.05) is 24.0 Å². The molecule has 0 unspecified atom stereocenters. The second-order valence-electron chi connectivity index (χ2n) is 3.69. The third kappa shape index (κ3) is 1.56. The molecule has 0 aliphatic heterocycles. The number of nitrogens with zero attached hydrogens (tertiary/aromatic N) is 3. The Kier molecular flexibility index (Phi) is 2.14. The van der Waals surface area contributed by atoms with Gasteiger partial charge < -0.3 is 0 Å². The molecule has 1 aromatic carbocycles. The van der Waals surface area contributed by atoms with E-state index >= 15 is 0 Å². The molecule has 0 aliphatic carbocycles. The predicted octanol–water partition coefficient (Wildman–Crippen LogP) is 2.48. The van der Waals surface area contributed by atoms with Crippen molar-refractivity contribution >= 4 is 10.9 Å². The minimum absolute atomic E-state index is 0.788. The summed E-state index contributed by atoms with van der Waals surface area (Å²) in [7, 11) is 0. The van der Waals surface area contributed by atoms with Gasteiger partial charge in [-0.25, -0.2) is 0 Å². The highest BCUT2D eigenvalue weighted by Crippen LogP contribution is 2.16. The number of hydrogen-bond acceptors (Lipinski definition) is 2. The first-order valence-electron chi connectivity index (χ1n) is 5.23. The van der Waals surface area contributed by atoms with E-state index in [0.717, 1.165) is 12.1 Å². The summed E-state index contributed by atoms with van der Waals surface area (Å²) in [4.78, 5) is 4.34. The number of hydrogen-bond donors (Lipinski definition) is 0. The van der Waals surface area contributed by atoms with Crippen LogP contribution in [0.2, 0.25) is 0 Å². The van der Waals surface area contributed by atoms with Crippen LogP contribution in [0.15, 0.2) is 55.0 Å². The fraction of sp³-hybridized carbons (Fsp3) is 0.0769. The fourth-order valence-electron chi connectivity index (χ4n) is 1.86. The van der Waals surface area contributed by atoms with Crippen molar-refractivity contribution in [2.45, 2.75) is 6.54 Å². The normalized spacial score (nSPS) is 10.8. The number of para-hydroxylation sites is 1. The highest BCUT2D eigenvalue weighted by Gasteiger charge is 2.01. The number of fused-ring (bicyclic) bond motifs is 1. The third-order valence-corrected chi connectivity index (χ3v) is 2.63. The van der Waals surface area contributed by atoms with Crippen LogP contribution in [0, 0.1) is 0 Å². The maximum atomic E-state index is 4.34. The smallest absolute Gasteiger partial charge is 0.0705 e. The zero-order chi connectivity index (χ0) is 10.8. The van der Waals surface area contributed by atoms with Gasteiger partial charge in [0.2, 0.25) is 0 Å². The van der Waals surface area contributed by atoms with Crippen molar-refractivity contribution in [3.8, 4) is 0 Å². The summed E-state index contributed by atoms with van der Waals surface area (Å²) in [6.45, 7) is 0.788. The molecule has 0 atom stereocenters. The van der Waals surface area contributed by atoms with Gasteiger partial charge in [0.05, 0.1) is 12.1 Å². The zero-order valence-electron chi connectivity index (χ0n) is 8.74. The van der Waals surface area contributed by atoms with Gasteiger partial charge >= 0.3 is 0 Å². The van der Waals surface area contributed by atoms with Crippen molar-refractivity contribution in [2.24, 2.45) is 0 Å². The highest BCUT2D eigenvalue weighted by atomic mass is 15.3. The second-order valence-corrected chi connectivity index (χ2v) is 3.69. The van der Waals surface area contributed by atoms with E-state index in [1.807, 2.05) is 47.4 Å². The lowest BCUT2D eigenvalue weighted by molar-refractivity contribution is 0.690. The lowest BCUT2D eigenvalue weighted by Crippen LogP contribution is -2.00. The van der Waals surface area contributed by atoms with E-state index < -0.39 is 0 Å². The molecule has 0 N–H and O–H groups in total. The lowest BCUT2D eigenvalue weighted by Gasteiger charge is -2.05. The summed E-state index contributed by atoms with van der Waals surface area (Å²) in [5.74, 6) is 0. The minimum atomic E-state index is 0.788. The Bertz CT molecular complexity index is 594. The molecule has 0 amide bonds. The summed E-state index contributed by atoms with van der Waals surface area (Å²) < 4.78 is 1.92. The van der Waals surface area contributed by atoms with Gasteiger partial charge in [-0.05, 0) is 23.8 Å². The molecule has 78 valence electrons. The van der Waals surface area contributed by atoms with Crippen LogP contribution in [-0.2, 0) is 6.54 Å². The van der Waals surface area contributed by atoms with Crippen molar-refractivity contribution in [2.75, 3.05) is 0 Å². The average molecular weight is 209 g/mol. The number of rotatable bonds is 2. The van der Waals surface area contributed by atoms with Crippen LogP contribution in [0.4, 0.5) is 0 Å². The van der Waals surface area contributed by atoms with Crippen LogP contribution in [0.25, 0.3) is 10.9 Å². The van der Waals surface area contributed by atoms with E-state index in [9.17, 15) is 0 Å². The van der Waals surface area contributed by atoms with Crippen molar-refractivity contribution in [3.05, 3.63) is 60.6 Å². The Balaban J connectivity index is 2.10. The summed E-state index contributed by atoms with van der Waals surface area (Å²) in [5.41, 5.74) is 2.28. The molecule has 2 aromatic heterocycles. The van der Waals surface area contributed by atoms with Crippen molar-refractivity contribution in [1.29, 1.82) is 0 Å². The van der Waals surface area contributed by atoms with Crippen LogP contribution in [0.1, 0.15) is 5.56 Å². The van der Waals surface area contributed by atoms with Crippen LogP contribution < -0.4 is 0 Å². The zero-order valence-corrected chi connectivity index (χ0v) is 8.74. The highest BCUT2D eigenvalue weighted by molar-refractivity contribution is 5.81. The van der Waals surface area contributed by atoms with E-state index in [0.29, 0.717) is 0 Å². The number of aromatic nitrogens is 3. The number of benzene rings is 1. The standard InChI is InChI=1S/C13H11N3/c1-2-5-13-12(4-1)11(6-8-14-13)10-16-9-3-7-15-16/h1-9H,10H2.